The number of halogens is 3. The van der Waals surface area contributed by atoms with Gasteiger partial charge in [0.15, 0.2) is 0 Å². The van der Waals surface area contributed by atoms with Gasteiger partial charge < -0.3 is 10.2 Å². The molecule has 1 N–H and O–H groups in total. The van der Waals surface area contributed by atoms with Gasteiger partial charge in [0, 0.05) is 11.6 Å². The first-order valence-electron chi connectivity index (χ1n) is 9.15. The molecule has 2 amide bonds. The van der Waals surface area contributed by atoms with E-state index in [0.29, 0.717) is 16.3 Å². The summed E-state index contributed by atoms with van der Waals surface area (Å²) < 4.78 is 29.1. The van der Waals surface area contributed by atoms with Crippen LogP contribution in [-0.4, -0.2) is 39.6 Å². The monoisotopic (exact) mass is 432 g/mol. The third-order valence-electron chi connectivity index (χ3n) is 4.54. The van der Waals surface area contributed by atoms with Gasteiger partial charge in [-0.2, -0.15) is 5.10 Å². The van der Waals surface area contributed by atoms with E-state index in [1.807, 2.05) is 0 Å². The Morgan fingerprint density at radius 3 is 2.37 bits per heavy atom. The fourth-order valence-electron chi connectivity index (χ4n) is 2.93. The summed E-state index contributed by atoms with van der Waals surface area (Å²) in [4.78, 5) is 26.5. The van der Waals surface area contributed by atoms with Crippen LogP contribution in [0.1, 0.15) is 23.0 Å². The Morgan fingerprint density at radius 2 is 1.77 bits per heavy atom. The minimum absolute atomic E-state index is 0.220. The first-order chi connectivity index (χ1) is 14.3. The van der Waals surface area contributed by atoms with Gasteiger partial charge in [-0.1, -0.05) is 17.7 Å². The molecule has 0 unspecified atom stereocenters. The number of carbonyl (C=O) groups excluding carboxylic acids is 2. The van der Waals surface area contributed by atoms with E-state index in [1.165, 1.54) is 17.2 Å². The highest BCUT2D eigenvalue weighted by Gasteiger charge is 2.23. The summed E-state index contributed by atoms with van der Waals surface area (Å²) in [6.07, 6.45) is 1.42. The molecule has 0 saturated heterocycles. The fourth-order valence-corrected chi connectivity index (χ4v) is 3.06. The van der Waals surface area contributed by atoms with Crippen LogP contribution in [0.4, 0.5) is 14.5 Å². The van der Waals surface area contributed by atoms with Crippen LogP contribution in [0.2, 0.25) is 5.02 Å². The Bertz CT molecular complexity index is 1060. The molecule has 1 heterocycles. The SMILES string of the molecule is CCN(CC(=O)Nc1c(F)cccc1F)C(=O)c1cnn(-c2ccc(Cl)cc2)c1C. The normalized spacial score (nSPS) is 10.7. The van der Waals surface area contributed by atoms with Crippen molar-refractivity contribution < 1.29 is 18.4 Å². The van der Waals surface area contributed by atoms with Crippen LogP contribution >= 0.6 is 11.6 Å². The van der Waals surface area contributed by atoms with E-state index in [9.17, 15) is 18.4 Å². The minimum Gasteiger partial charge on any atom is -0.329 e. The molecular weight excluding hydrogens is 414 g/mol. The second-order valence-electron chi connectivity index (χ2n) is 6.50. The van der Waals surface area contributed by atoms with Crippen LogP contribution in [-0.2, 0) is 4.79 Å². The van der Waals surface area contributed by atoms with E-state index < -0.39 is 29.1 Å². The predicted molar refractivity (Wildman–Crippen MR) is 110 cm³/mol. The molecule has 0 aliphatic carbocycles. The highest BCUT2D eigenvalue weighted by Crippen LogP contribution is 2.20. The molecule has 0 radical (unpaired) electrons. The summed E-state index contributed by atoms with van der Waals surface area (Å²) in [7, 11) is 0. The quantitative estimate of drug-likeness (QED) is 0.634. The van der Waals surface area contributed by atoms with E-state index in [0.717, 1.165) is 17.8 Å². The Morgan fingerprint density at radius 1 is 1.13 bits per heavy atom. The summed E-state index contributed by atoms with van der Waals surface area (Å²) in [5.41, 5.74) is 1.09. The highest BCUT2D eigenvalue weighted by atomic mass is 35.5. The number of nitrogens with zero attached hydrogens (tertiary/aromatic N) is 3. The Balaban J connectivity index is 1.76. The van der Waals surface area contributed by atoms with E-state index in [-0.39, 0.29) is 13.1 Å². The maximum atomic E-state index is 13.7. The molecule has 9 heteroatoms. The topological polar surface area (TPSA) is 67.2 Å². The number of hydrogen-bond acceptors (Lipinski definition) is 3. The molecule has 0 saturated carbocycles. The highest BCUT2D eigenvalue weighted by molar-refractivity contribution is 6.30. The summed E-state index contributed by atoms with van der Waals surface area (Å²) in [6, 6.07) is 10.2. The molecular formula is C21H19ClF2N4O2. The van der Waals surface area contributed by atoms with Crippen molar-refractivity contribution in [1.29, 1.82) is 0 Å². The number of likely N-dealkylation sites (N-methyl/N-ethyl adjacent to an activating group) is 1. The molecule has 2 aromatic carbocycles. The van der Waals surface area contributed by atoms with Gasteiger partial charge in [0.25, 0.3) is 5.91 Å². The number of hydrogen-bond donors (Lipinski definition) is 1. The third-order valence-corrected chi connectivity index (χ3v) is 4.79. The number of amides is 2. The summed E-state index contributed by atoms with van der Waals surface area (Å²) in [6.45, 7) is 3.29. The van der Waals surface area contributed by atoms with Crippen LogP contribution in [0.5, 0.6) is 0 Å². The molecule has 1 aromatic heterocycles. The number of carbonyl (C=O) groups is 2. The predicted octanol–water partition coefficient (Wildman–Crippen LogP) is 4.21. The zero-order valence-corrected chi connectivity index (χ0v) is 17.1. The lowest BCUT2D eigenvalue weighted by atomic mass is 10.2. The maximum absolute atomic E-state index is 13.7. The molecule has 0 aliphatic heterocycles. The van der Waals surface area contributed by atoms with Crippen molar-refractivity contribution >= 4 is 29.1 Å². The van der Waals surface area contributed by atoms with E-state index >= 15 is 0 Å². The lowest BCUT2D eigenvalue weighted by Crippen LogP contribution is -2.38. The van der Waals surface area contributed by atoms with Crippen LogP contribution in [0.25, 0.3) is 5.69 Å². The molecule has 0 fully saturated rings. The Labute approximate surface area is 177 Å². The van der Waals surface area contributed by atoms with Gasteiger partial charge >= 0.3 is 0 Å². The summed E-state index contributed by atoms with van der Waals surface area (Å²) in [5.74, 6) is -2.91. The third kappa shape index (κ3) is 4.49. The van der Waals surface area contributed by atoms with Crippen molar-refractivity contribution in [3.8, 4) is 5.69 Å². The molecule has 3 aromatic rings. The van der Waals surface area contributed by atoms with Gasteiger partial charge in [-0.05, 0) is 50.2 Å². The van der Waals surface area contributed by atoms with Gasteiger partial charge in [-0.15, -0.1) is 0 Å². The largest absolute Gasteiger partial charge is 0.329 e. The average Bonchev–Trinajstić information content (AvgIpc) is 3.10. The standard InChI is InChI=1S/C21H19ClF2N4O2/c1-3-27(12-19(29)26-20-17(23)5-4-6-18(20)24)21(30)16-11-25-28(13(16)2)15-9-7-14(22)8-10-15/h4-11H,3,12H2,1-2H3,(H,26,29). The molecule has 156 valence electrons. The number of rotatable bonds is 6. The van der Waals surface area contributed by atoms with Crippen molar-refractivity contribution in [2.24, 2.45) is 0 Å². The van der Waals surface area contributed by atoms with Crippen LogP contribution < -0.4 is 5.32 Å². The first kappa shape index (κ1) is 21.4. The summed E-state index contributed by atoms with van der Waals surface area (Å²) in [5, 5.41) is 7.01. The molecule has 0 aliphatic rings. The van der Waals surface area contributed by atoms with Crippen LogP contribution in [0.3, 0.4) is 0 Å². The van der Waals surface area contributed by atoms with Crippen molar-refractivity contribution in [1.82, 2.24) is 14.7 Å². The molecule has 6 nitrogen and oxygen atoms in total. The lowest BCUT2D eigenvalue weighted by Gasteiger charge is -2.20. The van der Waals surface area contributed by atoms with Crippen molar-refractivity contribution in [2.45, 2.75) is 13.8 Å². The smallest absolute Gasteiger partial charge is 0.257 e. The molecule has 0 spiro atoms. The fraction of sp³-hybridized carbons (Fsp3) is 0.190. The van der Waals surface area contributed by atoms with Gasteiger partial charge in [-0.3, -0.25) is 9.59 Å². The maximum Gasteiger partial charge on any atom is 0.257 e. The average molecular weight is 433 g/mol. The molecule has 0 bridgehead atoms. The van der Waals surface area contributed by atoms with Gasteiger partial charge in [0.2, 0.25) is 5.91 Å². The van der Waals surface area contributed by atoms with E-state index in [1.54, 1.807) is 42.8 Å². The van der Waals surface area contributed by atoms with Crippen molar-refractivity contribution in [3.63, 3.8) is 0 Å². The Hall–Kier alpha value is -3.26. The number of benzene rings is 2. The van der Waals surface area contributed by atoms with Crippen LogP contribution in [0, 0.1) is 18.6 Å². The zero-order valence-electron chi connectivity index (χ0n) is 16.3. The van der Waals surface area contributed by atoms with Crippen LogP contribution in [0.15, 0.2) is 48.7 Å². The second-order valence-corrected chi connectivity index (χ2v) is 6.93. The second kappa shape index (κ2) is 9.04. The summed E-state index contributed by atoms with van der Waals surface area (Å²) >= 11 is 5.91. The number of aromatic nitrogens is 2. The van der Waals surface area contributed by atoms with Gasteiger partial charge in [0.05, 0.1) is 23.1 Å². The van der Waals surface area contributed by atoms with E-state index in [4.69, 9.17) is 11.6 Å². The number of anilines is 1. The van der Waals surface area contributed by atoms with Gasteiger partial charge in [0.1, 0.15) is 23.9 Å². The number of nitrogens with one attached hydrogen (secondary N) is 1. The van der Waals surface area contributed by atoms with Crippen molar-refractivity contribution in [3.05, 3.63) is 76.6 Å². The van der Waals surface area contributed by atoms with Crippen molar-refractivity contribution in [2.75, 3.05) is 18.4 Å². The molecule has 3 rings (SSSR count). The first-order valence-corrected chi connectivity index (χ1v) is 9.53. The Kier molecular flexibility index (Phi) is 6.47. The lowest BCUT2D eigenvalue weighted by molar-refractivity contribution is -0.116. The van der Waals surface area contributed by atoms with E-state index in [2.05, 4.69) is 10.4 Å². The minimum atomic E-state index is -0.891. The number of para-hydroxylation sites is 1. The van der Waals surface area contributed by atoms with Gasteiger partial charge in [-0.25, -0.2) is 13.5 Å². The molecule has 30 heavy (non-hydrogen) atoms. The zero-order chi connectivity index (χ0) is 21.8. The molecule has 0 atom stereocenters.